The van der Waals surface area contributed by atoms with Gasteiger partial charge in [0.25, 0.3) is 5.69 Å². The van der Waals surface area contributed by atoms with E-state index in [9.17, 15) is 19.7 Å². The lowest BCUT2D eigenvalue weighted by molar-refractivity contribution is -0.385. The van der Waals surface area contributed by atoms with Crippen molar-refractivity contribution < 1.29 is 24.7 Å². The Morgan fingerprint density at radius 1 is 1.24 bits per heavy atom. The molecule has 0 saturated heterocycles. The van der Waals surface area contributed by atoms with E-state index in [1.165, 1.54) is 18.2 Å². The van der Waals surface area contributed by atoms with Crippen molar-refractivity contribution in [2.75, 3.05) is 0 Å². The average molecular weight is 291 g/mol. The lowest BCUT2D eigenvalue weighted by Crippen LogP contribution is -2.12. The number of carbonyl (C=O) groups is 2. The van der Waals surface area contributed by atoms with Crippen molar-refractivity contribution in [1.29, 1.82) is 0 Å². The molecule has 0 unspecified atom stereocenters. The van der Waals surface area contributed by atoms with Gasteiger partial charge in [-0.2, -0.15) is 5.10 Å². The first-order valence-electron chi connectivity index (χ1n) is 5.67. The first-order chi connectivity index (χ1) is 9.90. The van der Waals surface area contributed by atoms with Crippen LogP contribution in [0.2, 0.25) is 0 Å². The van der Waals surface area contributed by atoms with Crippen LogP contribution >= 0.6 is 0 Å². The van der Waals surface area contributed by atoms with Gasteiger partial charge in [0.2, 0.25) is 0 Å². The third-order valence-electron chi connectivity index (χ3n) is 2.73. The maximum atomic E-state index is 11.1. The van der Waals surface area contributed by atoms with E-state index >= 15 is 0 Å². The Morgan fingerprint density at radius 3 is 2.48 bits per heavy atom. The molecule has 0 aliphatic carbocycles. The summed E-state index contributed by atoms with van der Waals surface area (Å²) < 4.78 is 0.911. The molecule has 0 fully saturated rings. The monoisotopic (exact) mass is 291 g/mol. The second kappa shape index (κ2) is 5.41. The highest BCUT2D eigenvalue weighted by Crippen LogP contribution is 2.19. The van der Waals surface area contributed by atoms with E-state index in [-0.39, 0.29) is 23.5 Å². The minimum Gasteiger partial charge on any atom is -0.477 e. The van der Waals surface area contributed by atoms with Crippen molar-refractivity contribution >= 4 is 17.6 Å². The van der Waals surface area contributed by atoms with E-state index < -0.39 is 22.6 Å². The Labute approximate surface area is 117 Å². The highest BCUT2D eigenvalue weighted by Gasteiger charge is 2.20. The molecule has 108 valence electrons. The first kappa shape index (κ1) is 14.2. The first-order valence-corrected chi connectivity index (χ1v) is 5.67. The molecule has 0 aliphatic heterocycles. The maximum absolute atomic E-state index is 11.1. The van der Waals surface area contributed by atoms with Gasteiger partial charge in [-0.25, -0.2) is 9.59 Å². The average Bonchev–Trinajstić information content (AvgIpc) is 2.83. The molecule has 9 heteroatoms. The summed E-state index contributed by atoms with van der Waals surface area (Å²) in [6.45, 7) is -0.216. The van der Waals surface area contributed by atoms with Gasteiger partial charge >= 0.3 is 11.9 Å². The zero-order valence-electron chi connectivity index (χ0n) is 10.5. The van der Waals surface area contributed by atoms with Crippen molar-refractivity contribution in [3.63, 3.8) is 0 Å². The second-order valence-corrected chi connectivity index (χ2v) is 4.07. The summed E-state index contributed by atoms with van der Waals surface area (Å²) in [4.78, 5) is 32.2. The van der Waals surface area contributed by atoms with E-state index in [4.69, 9.17) is 10.2 Å². The predicted octanol–water partition coefficient (Wildman–Crippen LogP) is 1.24. The van der Waals surface area contributed by atoms with Gasteiger partial charge in [0.15, 0.2) is 5.69 Å². The number of rotatable bonds is 5. The largest absolute Gasteiger partial charge is 0.477 e. The zero-order valence-corrected chi connectivity index (χ0v) is 10.5. The minimum atomic E-state index is -1.38. The number of nitro groups is 1. The van der Waals surface area contributed by atoms with E-state index in [1.54, 1.807) is 6.07 Å². The molecule has 2 aromatic rings. The van der Waals surface area contributed by atoms with E-state index in [2.05, 4.69) is 5.10 Å². The minimum absolute atomic E-state index is 0.193. The second-order valence-electron chi connectivity index (χ2n) is 4.07. The number of nitro benzene ring substituents is 1. The maximum Gasteiger partial charge on any atom is 0.356 e. The van der Waals surface area contributed by atoms with Crippen LogP contribution in [0.3, 0.4) is 0 Å². The standard InChI is InChI=1S/C12H9N3O6/c16-11(17)8-5-10(12(18)19)14(13-8)6-7-3-1-2-4-9(7)15(20)21/h1-5H,6H2,(H,16,17)(H,18,19). The highest BCUT2D eigenvalue weighted by atomic mass is 16.6. The number of carboxylic acids is 2. The van der Waals surface area contributed by atoms with E-state index in [1.807, 2.05) is 0 Å². The van der Waals surface area contributed by atoms with Gasteiger partial charge in [-0.15, -0.1) is 0 Å². The molecule has 21 heavy (non-hydrogen) atoms. The number of hydrogen-bond donors (Lipinski definition) is 2. The lowest BCUT2D eigenvalue weighted by Gasteiger charge is -2.05. The number of nitrogens with zero attached hydrogens (tertiary/aromatic N) is 3. The highest BCUT2D eigenvalue weighted by molar-refractivity contribution is 5.91. The fraction of sp³-hybridized carbons (Fsp3) is 0.0833. The topological polar surface area (TPSA) is 136 Å². The van der Waals surface area contributed by atoms with E-state index in [0.717, 1.165) is 10.7 Å². The quantitative estimate of drug-likeness (QED) is 0.624. The molecule has 1 heterocycles. The van der Waals surface area contributed by atoms with Crippen LogP contribution < -0.4 is 0 Å². The molecule has 2 rings (SSSR count). The molecule has 0 bridgehead atoms. The number of benzene rings is 1. The van der Waals surface area contributed by atoms with Crippen LogP contribution in [-0.4, -0.2) is 36.9 Å². The van der Waals surface area contributed by atoms with Crippen LogP contribution in [0.1, 0.15) is 26.5 Å². The van der Waals surface area contributed by atoms with Gasteiger partial charge < -0.3 is 10.2 Å². The van der Waals surface area contributed by atoms with Crippen LogP contribution in [-0.2, 0) is 6.54 Å². The van der Waals surface area contributed by atoms with Crippen molar-refractivity contribution in [1.82, 2.24) is 9.78 Å². The molecule has 0 aliphatic rings. The molecule has 0 saturated carbocycles. The number of para-hydroxylation sites is 1. The van der Waals surface area contributed by atoms with Crippen molar-refractivity contribution in [2.24, 2.45) is 0 Å². The number of aromatic nitrogens is 2. The molecule has 0 amide bonds. The molecule has 0 radical (unpaired) electrons. The Kier molecular flexibility index (Phi) is 3.65. The predicted molar refractivity (Wildman–Crippen MR) is 68.3 cm³/mol. The molecular formula is C12H9N3O6. The smallest absolute Gasteiger partial charge is 0.356 e. The van der Waals surface area contributed by atoms with Crippen LogP contribution in [0, 0.1) is 10.1 Å². The summed E-state index contributed by atoms with van der Waals surface area (Å²) in [5, 5.41) is 32.4. The van der Waals surface area contributed by atoms with Gasteiger partial charge in [0.05, 0.1) is 17.0 Å². The normalized spacial score (nSPS) is 10.3. The molecule has 0 spiro atoms. The van der Waals surface area contributed by atoms with Crippen LogP contribution in [0.5, 0.6) is 0 Å². The molecule has 0 atom stereocenters. The van der Waals surface area contributed by atoms with Gasteiger partial charge in [0.1, 0.15) is 5.69 Å². The Morgan fingerprint density at radius 2 is 1.90 bits per heavy atom. The third-order valence-corrected chi connectivity index (χ3v) is 2.73. The van der Waals surface area contributed by atoms with E-state index in [0.29, 0.717) is 0 Å². The van der Waals surface area contributed by atoms with Crippen molar-refractivity contribution in [3.05, 3.63) is 57.4 Å². The summed E-state index contributed by atoms with van der Waals surface area (Å²) in [5.41, 5.74) is -0.761. The lowest BCUT2D eigenvalue weighted by atomic mass is 10.2. The molecule has 9 nitrogen and oxygen atoms in total. The molecular weight excluding hydrogens is 282 g/mol. The van der Waals surface area contributed by atoms with Gasteiger partial charge in [-0.3, -0.25) is 14.8 Å². The van der Waals surface area contributed by atoms with Crippen LogP contribution in [0.15, 0.2) is 30.3 Å². The van der Waals surface area contributed by atoms with Crippen molar-refractivity contribution in [3.8, 4) is 0 Å². The summed E-state index contributed by atoms with van der Waals surface area (Å²) in [5.74, 6) is -2.74. The molecule has 1 aromatic heterocycles. The van der Waals surface area contributed by atoms with Gasteiger partial charge in [0, 0.05) is 12.1 Å². The van der Waals surface area contributed by atoms with Gasteiger partial charge in [-0.1, -0.05) is 18.2 Å². The number of aromatic carboxylic acids is 2. The Bertz CT molecular complexity index is 736. The zero-order chi connectivity index (χ0) is 15.6. The molecule has 1 aromatic carbocycles. The summed E-state index contributed by atoms with van der Waals surface area (Å²) in [6, 6.07) is 6.67. The number of hydrogen-bond acceptors (Lipinski definition) is 5. The SMILES string of the molecule is O=C(O)c1cc(C(=O)O)n(Cc2ccccc2[N+](=O)[O-])n1. The van der Waals surface area contributed by atoms with Crippen LogP contribution in [0.4, 0.5) is 5.69 Å². The summed E-state index contributed by atoms with van der Waals surface area (Å²) >= 11 is 0. The molecule has 2 N–H and O–H groups in total. The fourth-order valence-electron chi connectivity index (χ4n) is 1.80. The fourth-order valence-corrected chi connectivity index (χ4v) is 1.80. The Balaban J connectivity index is 2.46. The summed E-state index contributed by atoms with van der Waals surface area (Å²) in [7, 11) is 0. The van der Waals surface area contributed by atoms with Crippen LogP contribution in [0.25, 0.3) is 0 Å². The van der Waals surface area contributed by atoms with Crippen molar-refractivity contribution in [2.45, 2.75) is 6.54 Å². The Hall–Kier alpha value is -3.23. The third kappa shape index (κ3) is 2.86. The summed E-state index contributed by atoms with van der Waals surface area (Å²) in [6.07, 6.45) is 0. The van der Waals surface area contributed by atoms with Gasteiger partial charge in [-0.05, 0) is 0 Å². The number of carboxylic acid groups (broad SMARTS) is 2.